The van der Waals surface area contributed by atoms with E-state index in [1.165, 1.54) is 19.2 Å². The summed E-state index contributed by atoms with van der Waals surface area (Å²) in [6.07, 6.45) is 0. The first kappa shape index (κ1) is 11.7. The molecular formula is C10H11N3O3. The van der Waals surface area contributed by atoms with E-state index in [4.69, 9.17) is 5.73 Å². The first-order valence-corrected chi connectivity index (χ1v) is 4.46. The van der Waals surface area contributed by atoms with Crippen molar-refractivity contribution in [2.24, 2.45) is 5.73 Å². The van der Waals surface area contributed by atoms with E-state index in [9.17, 15) is 14.4 Å². The van der Waals surface area contributed by atoms with Crippen molar-refractivity contribution in [2.45, 2.75) is 0 Å². The standard InChI is InChI=1S/C10H11N3O3/c1-13(12-10(11)16)9(15)8(14)7-5-3-2-4-6-7/h2-6H,1H3,(H3,11,12,16). The predicted octanol–water partition coefficient (Wildman–Crippen LogP) is -0.0890. The summed E-state index contributed by atoms with van der Waals surface area (Å²) in [5.74, 6) is -1.57. The Bertz CT molecular complexity index is 417. The maximum atomic E-state index is 11.6. The molecule has 0 radical (unpaired) electrons. The van der Waals surface area contributed by atoms with E-state index in [0.29, 0.717) is 0 Å². The number of nitrogens with two attached hydrogens (primary N) is 1. The number of nitrogens with one attached hydrogen (secondary N) is 1. The molecule has 0 aromatic heterocycles. The van der Waals surface area contributed by atoms with Crippen LogP contribution in [0.1, 0.15) is 10.4 Å². The van der Waals surface area contributed by atoms with Gasteiger partial charge < -0.3 is 5.73 Å². The summed E-state index contributed by atoms with van der Waals surface area (Å²) in [4.78, 5) is 33.5. The van der Waals surface area contributed by atoms with Crippen molar-refractivity contribution in [3.63, 3.8) is 0 Å². The fraction of sp³-hybridized carbons (Fsp3) is 0.100. The Hall–Kier alpha value is -2.37. The summed E-state index contributed by atoms with van der Waals surface area (Å²) in [5.41, 5.74) is 7.06. The van der Waals surface area contributed by atoms with Crippen molar-refractivity contribution >= 4 is 17.7 Å². The summed E-state index contributed by atoms with van der Waals surface area (Å²) in [6, 6.07) is 7.13. The molecule has 1 aromatic carbocycles. The zero-order chi connectivity index (χ0) is 12.1. The van der Waals surface area contributed by atoms with Gasteiger partial charge in [0.1, 0.15) is 0 Å². The summed E-state index contributed by atoms with van der Waals surface area (Å²) in [7, 11) is 1.24. The average Bonchev–Trinajstić information content (AvgIpc) is 2.27. The number of amides is 3. The van der Waals surface area contributed by atoms with Gasteiger partial charge in [-0.3, -0.25) is 9.59 Å². The van der Waals surface area contributed by atoms with Crippen molar-refractivity contribution in [2.75, 3.05) is 7.05 Å². The van der Waals surface area contributed by atoms with Crippen LogP contribution in [0.2, 0.25) is 0 Å². The fourth-order valence-electron chi connectivity index (χ4n) is 1.08. The van der Waals surface area contributed by atoms with Gasteiger partial charge in [-0.15, -0.1) is 0 Å². The average molecular weight is 221 g/mol. The van der Waals surface area contributed by atoms with Crippen molar-refractivity contribution in [1.29, 1.82) is 0 Å². The number of hydrogen-bond acceptors (Lipinski definition) is 3. The molecule has 0 spiro atoms. The number of rotatable bonds is 2. The number of benzene rings is 1. The number of Topliss-reactive ketones (excluding diaryl/α,β-unsaturated/α-hetero) is 1. The van der Waals surface area contributed by atoms with Crippen molar-refractivity contribution in [1.82, 2.24) is 10.4 Å². The monoisotopic (exact) mass is 221 g/mol. The number of hydrogen-bond donors (Lipinski definition) is 2. The number of hydrazine groups is 1. The molecule has 3 amide bonds. The molecule has 0 aliphatic heterocycles. The Kier molecular flexibility index (Phi) is 3.60. The molecule has 84 valence electrons. The van der Waals surface area contributed by atoms with E-state index in [2.05, 4.69) is 0 Å². The van der Waals surface area contributed by atoms with Crippen LogP contribution in [0.15, 0.2) is 30.3 Å². The van der Waals surface area contributed by atoms with E-state index >= 15 is 0 Å². The molecule has 6 nitrogen and oxygen atoms in total. The minimum atomic E-state index is -0.906. The molecule has 0 saturated heterocycles. The lowest BCUT2D eigenvalue weighted by molar-refractivity contribution is -0.127. The van der Waals surface area contributed by atoms with Crippen LogP contribution in [0.3, 0.4) is 0 Å². The van der Waals surface area contributed by atoms with Crippen molar-refractivity contribution in [3.8, 4) is 0 Å². The van der Waals surface area contributed by atoms with Gasteiger partial charge in [0.15, 0.2) is 0 Å². The van der Waals surface area contributed by atoms with Gasteiger partial charge >= 0.3 is 11.9 Å². The SMILES string of the molecule is CN(NC(N)=O)C(=O)C(=O)c1ccccc1. The van der Waals surface area contributed by atoms with Crippen LogP contribution in [0.25, 0.3) is 0 Å². The highest BCUT2D eigenvalue weighted by Gasteiger charge is 2.20. The van der Waals surface area contributed by atoms with Crippen LogP contribution >= 0.6 is 0 Å². The summed E-state index contributed by atoms with van der Waals surface area (Å²) in [5, 5.41) is 0.748. The molecule has 6 heteroatoms. The fourth-order valence-corrected chi connectivity index (χ4v) is 1.08. The van der Waals surface area contributed by atoms with Crippen molar-refractivity contribution in [3.05, 3.63) is 35.9 Å². The predicted molar refractivity (Wildman–Crippen MR) is 56.3 cm³/mol. The number of primary amides is 1. The number of carbonyl (C=O) groups excluding carboxylic acids is 3. The Morgan fingerprint density at radius 1 is 1.19 bits per heavy atom. The quantitative estimate of drug-likeness (QED) is 0.415. The topological polar surface area (TPSA) is 92.5 Å². The zero-order valence-electron chi connectivity index (χ0n) is 8.64. The Morgan fingerprint density at radius 3 is 2.25 bits per heavy atom. The lowest BCUT2D eigenvalue weighted by atomic mass is 10.1. The Morgan fingerprint density at radius 2 is 1.75 bits per heavy atom. The van der Waals surface area contributed by atoms with Crippen molar-refractivity contribution < 1.29 is 14.4 Å². The van der Waals surface area contributed by atoms with E-state index < -0.39 is 17.7 Å². The van der Waals surface area contributed by atoms with Gasteiger partial charge in [-0.2, -0.15) is 0 Å². The minimum absolute atomic E-state index is 0.255. The number of likely N-dealkylation sites (N-methyl/N-ethyl adjacent to an activating group) is 1. The van der Waals surface area contributed by atoms with Crippen LogP contribution in [0, 0.1) is 0 Å². The Balaban J connectivity index is 2.75. The van der Waals surface area contributed by atoms with Crippen LogP contribution in [0.4, 0.5) is 4.79 Å². The van der Waals surface area contributed by atoms with Gasteiger partial charge in [-0.25, -0.2) is 15.2 Å². The van der Waals surface area contributed by atoms with Gasteiger partial charge in [0.25, 0.3) is 5.78 Å². The molecule has 3 N–H and O–H groups in total. The molecule has 1 aromatic rings. The van der Waals surface area contributed by atoms with Crippen LogP contribution < -0.4 is 11.2 Å². The second-order valence-corrected chi connectivity index (χ2v) is 3.04. The molecule has 0 heterocycles. The first-order chi connectivity index (χ1) is 7.52. The highest BCUT2D eigenvalue weighted by molar-refractivity contribution is 6.42. The number of nitrogens with zero attached hydrogens (tertiary/aromatic N) is 1. The third-order valence-corrected chi connectivity index (χ3v) is 1.81. The number of carbonyl (C=O) groups is 3. The van der Waals surface area contributed by atoms with Crippen LogP contribution in [-0.4, -0.2) is 29.8 Å². The van der Waals surface area contributed by atoms with Crippen LogP contribution in [0.5, 0.6) is 0 Å². The van der Waals surface area contributed by atoms with Gasteiger partial charge in [0.05, 0.1) is 0 Å². The Labute approximate surface area is 92.0 Å². The smallest absolute Gasteiger partial charge is 0.331 e. The molecule has 0 unspecified atom stereocenters. The summed E-state index contributed by atoms with van der Waals surface area (Å²) < 4.78 is 0. The lowest BCUT2D eigenvalue weighted by Gasteiger charge is -2.15. The van der Waals surface area contributed by atoms with Gasteiger partial charge in [-0.1, -0.05) is 30.3 Å². The third-order valence-electron chi connectivity index (χ3n) is 1.81. The van der Waals surface area contributed by atoms with E-state index in [1.807, 2.05) is 5.43 Å². The number of urea groups is 1. The molecule has 1 rings (SSSR count). The molecule has 0 bridgehead atoms. The molecule has 0 aliphatic rings. The van der Waals surface area contributed by atoms with E-state index in [-0.39, 0.29) is 5.56 Å². The maximum Gasteiger partial charge on any atom is 0.331 e. The number of ketones is 1. The van der Waals surface area contributed by atoms with Crippen LogP contribution in [-0.2, 0) is 4.79 Å². The zero-order valence-corrected chi connectivity index (χ0v) is 8.64. The molecule has 0 saturated carbocycles. The highest BCUT2D eigenvalue weighted by atomic mass is 16.2. The van der Waals surface area contributed by atoms with Gasteiger partial charge in [-0.05, 0) is 0 Å². The molecule has 0 atom stereocenters. The largest absolute Gasteiger partial charge is 0.350 e. The molecule has 0 aliphatic carbocycles. The van der Waals surface area contributed by atoms with E-state index in [0.717, 1.165) is 5.01 Å². The third kappa shape index (κ3) is 2.81. The minimum Gasteiger partial charge on any atom is -0.350 e. The lowest BCUT2D eigenvalue weighted by Crippen LogP contribution is -2.48. The highest BCUT2D eigenvalue weighted by Crippen LogP contribution is 2.01. The molecule has 0 fully saturated rings. The van der Waals surface area contributed by atoms with E-state index in [1.54, 1.807) is 18.2 Å². The second kappa shape index (κ2) is 4.92. The summed E-state index contributed by atoms with van der Waals surface area (Å²) >= 11 is 0. The second-order valence-electron chi connectivity index (χ2n) is 3.04. The molecule has 16 heavy (non-hydrogen) atoms. The van der Waals surface area contributed by atoms with Gasteiger partial charge in [0, 0.05) is 12.6 Å². The van der Waals surface area contributed by atoms with Gasteiger partial charge in [0.2, 0.25) is 0 Å². The first-order valence-electron chi connectivity index (χ1n) is 4.46. The normalized spacial score (nSPS) is 9.31. The molecular weight excluding hydrogens is 210 g/mol. The maximum absolute atomic E-state index is 11.6. The summed E-state index contributed by atoms with van der Waals surface area (Å²) in [6.45, 7) is 0.